The first kappa shape index (κ1) is 14.6. The number of nitrogens with one attached hydrogen (secondary N) is 1. The van der Waals surface area contributed by atoms with Crippen molar-refractivity contribution in [2.24, 2.45) is 10.4 Å². The summed E-state index contributed by atoms with van der Waals surface area (Å²) in [5.41, 5.74) is 0.545. The zero-order chi connectivity index (χ0) is 13.1. The Hall–Kier alpha value is 0.170. The second-order valence-corrected chi connectivity index (χ2v) is 8.77. The Morgan fingerprint density at radius 3 is 2.61 bits per heavy atom. The maximum Gasteiger partial charge on any atom is 0.156 e. The molecule has 1 spiro atoms. The van der Waals surface area contributed by atoms with Crippen LogP contribution in [-0.2, 0) is 0 Å². The van der Waals surface area contributed by atoms with Crippen molar-refractivity contribution in [1.29, 1.82) is 0 Å². The molecule has 4 heteroatoms. The molecule has 0 bridgehead atoms. The van der Waals surface area contributed by atoms with E-state index in [2.05, 4.69) is 25.4 Å². The van der Waals surface area contributed by atoms with Gasteiger partial charge in [-0.1, -0.05) is 31.0 Å². The Balaban J connectivity index is 1.83. The predicted octanol–water partition coefficient (Wildman–Crippen LogP) is 3.77. The normalized spacial score (nSPS) is 23.8. The first-order valence-electron chi connectivity index (χ1n) is 7.02. The minimum atomic E-state index is 0.295. The molecule has 0 atom stereocenters. The van der Waals surface area contributed by atoms with Gasteiger partial charge in [-0.2, -0.15) is 11.8 Å². The van der Waals surface area contributed by atoms with Crippen molar-refractivity contribution in [1.82, 2.24) is 5.32 Å². The van der Waals surface area contributed by atoms with Crippen LogP contribution < -0.4 is 5.32 Å². The van der Waals surface area contributed by atoms with Gasteiger partial charge in [-0.15, -0.1) is 0 Å². The number of amidine groups is 1. The Bertz CT molecular complexity index is 307. The average Bonchev–Trinajstić information content (AvgIpc) is 2.39. The van der Waals surface area contributed by atoms with E-state index >= 15 is 0 Å². The average molecular weight is 287 g/mol. The highest BCUT2D eigenvalue weighted by molar-refractivity contribution is 8.13. The van der Waals surface area contributed by atoms with Crippen LogP contribution in [0.3, 0.4) is 0 Å². The molecule has 0 aromatic carbocycles. The summed E-state index contributed by atoms with van der Waals surface area (Å²) in [6.45, 7) is 6.62. The lowest BCUT2D eigenvalue weighted by Gasteiger charge is -2.38. The van der Waals surface area contributed by atoms with Gasteiger partial charge in [0.15, 0.2) is 5.17 Å². The van der Waals surface area contributed by atoms with Crippen LogP contribution in [0.2, 0.25) is 0 Å². The summed E-state index contributed by atoms with van der Waals surface area (Å²) < 4.78 is 0.295. The highest BCUT2D eigenvalue weighted by Crippen LogP contribution is 2.41. The van der Waals surface area contributed by atoms with Gasteiger partial charge in [0.2, 0.25) is 0 Å². The number of rotatable bonds is 3. The second kappa shape index (κ2) is 6.08. The summed E-state index contributed by atoms with van der Waals surface area (Å²) in [7, 11) is 0. The number of hydrogen-bond donors (Lipinski definition) is 1. The van der Waals surface area contributed by atoms with Crippen LogP contribution in [0.1, 0.15) is 46.0 Å². The molecule has 0 unspecified atom stereocenters. The van der Waals surface area contributed by atoms with Gasteiger partial charge in [0.05, 0.1) is 0 Å². The predicted molar refractivity (Wildman–Crippen MR) is 85.9 cm³/mol. The van der Waals surface area contributed by atoms with Crippen LogP contribution >= 0.6 is 23.5 Å². The lowest BCUT2D eigenvalue weighted by Crippen LogP contribution is -2.40. The van der Waals surface area contributed by atoms with Crippen molar-refractivity contribution in [3.63, 3.8) is 0 Å². The van der Waals surface area contributed by atoms with E-state index in [-0.39, 0.29) is 0 Å². The number of nitrogens with zero attached hydrogens (tertiary/aromatic N) is 1. The van der Waals surface area contributed by atoms with Crippen molar-refractivity contribution < 1.29 is 0 Å². The molecule has 1 fully saturated rings. The molecule has 0 amide bonds. The third-order valence-corrected chi connectivity index (χ3v) is 6.76. The summed E-state index contributed by atoms with van der Waals surface area (Å²) in [5.74, 6) is 1.28. The molecule has 0 aromatic rings. The van der Waals surface area contributed by atoms with E-state index in [1.807, 2.05) is 23.5 Å². The van der Waals surface area contributed by atoms with Gasteiger partial charge in [-0.3, -0.25) is 4.99 Å². The van der Waals surface area contributed by atoms with Crippen molar-refractivity contribution >= 4 is 28.7 Å². The fourth-order valence-electron chi connectivity index (χ4n) is 2.62. The molecule has 1 saturated carbocycles. The molecule has 1 heterocycles. The molecular weight excluding hydrogens is 260 g/mol. The quantitative estimate of drug-likeness (QED) is 0.854. The van der Waals surface area contributed by atoms with E-state index in [1.54, 1.807) is 0 Å². The van der Waals surface area contributed by atoms with E-state index in [9.17, 15) is 0 Å². The molecular formula is C14H26N2S2. The first-order valence-corrected chi connectivity index (χ1v) is 9.23. The smallest absolute Gasteiger partial charge is 0.156 e. The maximum absolute atomic E-state index is 4.80. The van der Waals surface area contributed by atoms with E-state index in [1.165, 1.54) is 43.0 Å². The van der Waals surface area contributed by atoms with Gasteiger partial charge in [0.1, 0.15) is 0 Å². The second-order valence-electron chi connectivity index (χ2n) is 6.29. The van der Waals surface area contributed by atoms with E-state index in [0.29, 0.717) is 10.2 Å². The lowest BCUT2D eigenvalue weighted by molar-refractivity contribution is 0.232. The molecule has 0 aromatic heterocycles. The fraction of sp³-hybridized carbons (Fsp3) is 0.929. The minimum absolute atomic E-state index is 0.295. The Kier molecular flexibility index (Phi) is 4.92. The molecule has 0 radical (unpaired) electrons. The van der Waals surface area contributed by atoms with E-state index in [4.69, 9.17) is 4.99 Å². The van der Waals surface area contributed by atoms with Crippen LogP contribution in [-0.4, -0.2) is 35.0 Å². The number of aliphatic imine (C=N–C) groups is 1. The van der Waals surface area contributed by atoms with Crippen LogP contribution in [0.4, 0.5) is 0 Å². The first-order chi connectivity index (χ1) is 8.55. The number of thioether (sulfide) groups is 2. The Morgan fingerprint density at radius 1 is 1.33 bits per heavy atom. The SMILES string of the molecule is CSC(C)(C)CNC1=NCC2(CCCCC2)CS1. The van der Waals surface area contributed by atoms with Gasteiger partial charge in [-0.05, 0) is 38.4 Å². The third kappa shape index (κ3) is 3.83. The third-order valence-electron chi connectivity index (χ3n) is 4.21. The summed E-state index contributed by atoms with van der Waals surface area (Å²) >= 11 is 3.86. The Morgan fingerprint density at radius 2 is 2.06 bits per heavy atom. The Labute approximate surface area is 120 Å². The van der Waals surface area contributed by atoms with Crippen LogP contribution in [0.25, 0.3) is 0 Å². The topological polar surface area (TPSA) is 24.4 Å². The zero-order valence-corrected chi connectivity index (χ0v) is 13.6. The molecule has 1 aliphatic carbocycles. The van der Waals surface area contributed by atoms with Gasteiger partial charge in [0, 0.05) is 23.6 Å². The van der Waals surface area contributed by atoms with Crippen molar-refractivity contribution in [3.8, 4) is 0 Å². The lowest BCUT2D eigenvalue weighted by atomic mass is 9.75. The largest absolute Gasteiger partial charge is 0.364 e. The van der Waals surface area contributed by atoms with Gasteiger partial charge >= 0.3 is 0 Å². The standard InChI is InChI=1S/C14H26N2S2/c1-13(2,17-3)9-15-12-16-10-14(11-18-12)7-5-4-6-8-14/h4-11H2,1-3H3,(H,15,16). The summed E-state index contributed by atoms with van der Waals surface area (Å²) in [6, 6.07) is 0. The van der Waals surface area contributed by atoms with Crippen molar-refractivity contribution in [3.05, 3.63) is 0 Å². The summed E-state index contributed by atoms with van der Waals surface area (Å²) in [5, 5.41) is 4.70. The fourth-order valence-corrected chi connectivity index (χ4v) is 3.99. The molecule has 104 valence electrons. The van der Waals surface area contributed by atoms with Crippen LogP contribution in [0, 0.1) is 5.41 Å². The van der Waals surface area contributed by atoms with Gasteiger partial charge in [0.25, 0.3) is 0 Å². The molecule has 0 saturated heterocycles. The maximum atomic E-state index is 4.80. The molecule has 2 rings (SSSR count). The molecule has 18 heavy (non-hydrogen) atoms. The molecule has 1 aliphatic heterocycles. The summed E-state index contributed by atoms with van der Waals surface area (Å²) in [6.07, 6.45) is 9.23. The number of hydrogen-bond acceptors (Lipinski definition) is 4. The highest BCUT2D eigenvalue weighted by Gasteiger charge is 2.35. The van der Waals surface area contributed by atoms with E-state index < -0.39 is 0 Å². The van der Waals surface area contributed by atoms with E-state index in [0.717, 1.165) is 13.1 Å². The zero-order valence-electron chi connectivity index (χ0n) is 11.9. The van der Waals surface area contributed by atoms with Gasteiger partial charge in [-0.25, -0.2) is 0 Å². The molecule has 2 nitrogen and oxygen atoms in total. The minimum Gasteiger partial charge on any atom is -0.364 e. The monoisotopic (exact) mass is 286 g/mol. The molecule has 2 aliphatic rings. The molecule has 1 N–H and O–H groups in total. The van der Waals surface area contributed by atoms with Gasteiger partial charge < -0.3 is 5.32 Å². The van der Waals surface area contributed by atoms with Crippen molar-refractivity contribution in [2.75, 3.05) is 25.1 Å². The highest BCUT2D eigenvalue weighted by atomic mass is 32.2. The summed E-state index contributed by atoms with van der Waals surface area (Å²) in [4.78, 5) is 4.80. The van der Waals surface area contributed by atoms with Crippen LogP contribution in [0.5, 0.6) is 0 Å². The van der Waals surface area contributed by atoms with Crippen LogP contribution in [0.15, 0.2) is 4.99 Å². The van der Waals surface area contributed by atoms with Crippen molar-refractivity contribution in [2.45, 2.75) is 50.7 Å².